The van der Waals surface area contributed by atoms with Crippen LogP contribution in [0.2, 0.25) is 0 Å². The van der Waals surface area contributed by atoms with Gasteiger partial charge in [-0.2, -0.15) is 0 Å². The number of nitrogens with one attached hydrogen (secondary N) is 1. The van der Waals surface area contributed by atoms with Crippen LogP contribution in [0.3, 0.4) is 0 Å². The molecule has 4 nitrogen and oxygen atoms in total. The van der Waals surface area contributed by atoms with E-state index in [1.165, 1.54) is 19.3 Å². The van der Waals surface area contributed by atoms with Gasteiger partial charge in [0.25, 0.3) is 0 Å². The number of allylic oxidation sites excluding steroid dienone is 1. The standard InChI is InChI=1S/C16H21NO3/c18-15(14-12-8-5-6-9(7-8)13(12)14)17-11-4-2-1-3-10(11)16(19)20/h1-2,8-14H,3-7H2,(H,17,18)(H,19,20)/t8-,9+,10-,11+,12+,13-,14?/m1/s1. The van der Waals surface area contributed by atoms with Crippen molar-refractivity contribution >= 4 is 11.9 Å². The monoisotopic (exact) mass is 275 g/mol. The van der Waals surface area contributed by atoms with E-state index in [1.54, 1.807) is 0 Å². The fourth-order valence-electron chi connectivity index (χ4n) is 5.20. The highest BCUT2D eigenvalue weighted by Crippen LogP contribution is 2.69. The number of carboxylic acids is 1. The molecule has 4 aliphatic rings. The Morgan fingerprint density at radius 2 is 1.70 bits per heavy atom. The number of aliphatic carboxylic acids is 1. The molecule has 4 rings (SSSR count). The highest BCUT2D eigenvalue weighted by molar-refractivity contribution is 5.84. The summed E-state index contributed by atoms with van der Waals surface area (Å²) < 4.78 is 0. The van der Waals surface area contributed by atoms with Gasteiger partial charge in [0, 0.05) is 12.0 Å². The first kappa shape index (κ1) is 12.4. The zero-order chi connectivity index (χ0) is 13.9. The van der Waals surface area contributed by atoms with Gasteiger partial charge in [-0.3, -0.25) is 9.59 Å². The number of fused-ring (bicyclic) bond motifs is 5. The van der Waals surface area contributed by atoms with Crippen LogP contribution in [0.25, 0.3) is 0 Å². The molecule has 0 heterocycles. The van der Waals surface area contributed by atoms with E-state index in [-0.39, 0.29) is 17.9 Å². The van der Waals surface area contributed by atoms with Crippen LogP contribution in [0, 0.1) is 35.5 Å². The van der Waals surface area contributed by atoms with E-state index in [4.69, 9.17) is 0 Å². The van der Waals surface area contributed by atoms with Gasteiger partial charge >= 0.3 is 5.97 Å². The minimum atomic E-state index is -0.796. The smallest absolute Gasteiger partial charge is 0.308 e. The molecule has 0 aromatic rings. The molecule has 3 fully saturated rings. The Bertz CT molecular complexity index is 470. The second kappa shape index (κ2) is 4.34. The molecule has 4 aliphatic carbocycles. The fourth-order valence-corrected chi connectivity index (χ4v) is 5.20. The summed E-state index contributed by atoms with van der Waals surface area (Å²) in [5.41, 5.74) is 0. The molecule has 2 bridgehead atoms. The van der Waals surface area contributed by atoms with E-state index in [0.29, 0.717) is 24.7 Å². The van der Waals surface area contributed by atoms with E-state index in [1.807, 2.05) is 12.2 Å². The average Bonchev–Trinajstić information content (AvgIpc) is 2.88. The Morgan fingerprint density at radius 3 is 2.35 bits per heavy atom. The van der Waals surface area contributed by atoms with Crippen LogP contribution in [0.4, 0.5) is 0 Å². The largest absolute Gasteiger partial charge is 0.481 e. The Hall–Kier alpha value is -1.32. The lowest BCUT2D eigenvalue weighted by Crippen LogP contribution is -2.45. The third-order valence-corrected chi connectivity index (χ3v) is 6.12. The number of rotatable bonds is 3. The third-order valence-electron chi connectivity index (χ3n) is 6.12. The molecule has 0 saturated heterocycles. The summed E-state index contributed by atoms with van der Waals surface area (Å²) in [7, 11) is 0. The van der Waals surface area contributed by atoms with Crippen molar-refractivity contribution < 1.29 is 14.7 Å². The minimum absolute atomic E-state index is 0.128. The van der Waals surface area contributed by atoms with Crippen molar-refractivity contribution in [3.63, 3.8) is 0 Å². The third kappa shape index (κ3) is 1.73. The normalized spacial score (nSPS) is 47.9. The molecule has 0 aromatic carbocycles. The van der Waals surface area contributed by atoms with Crippen LogP contribution >= 0.6 is 0 Å². The molecule has 2 N–H and O–H groups in total. The summed E-state index contributed by atoms with van der Waals surface area (Å²) in [6.45, 7) is 0. The molecule has 1 amide bonds. The van der Waals surface area contributed by atoms with Crippen LogP contribution in [0.1, 0.15) is 32.1 Å². The van der Waals surface area contributed by atoms with E-state index in [0.717, 1.165) is 11.8 Å². The van der Waals surface area contributed by atoms with Crippen LogP contribution in [-0.2, 0) is 9.59 Å². The number of carbonyl (C=O) groups is 2. The molecule has 1 unspecified atom stereocenters. The minimum Gasteiger partial charge on any atom is -0.481 e. The highest BCUT2D eigenvalue weighted by Gasteiger charge is 2.67. The number of amides is 1. The number of carboxylic acid groups (broad SMARTS) is 1. The van der Waals surface area contributed by atoms with Gasteiger partial charge in [0.2, 0.25) is 5.91 Å². The van der Waals surface area contributed by atoms with Gasteiger partial charge in [-0.05, 0) is 55.8 Å². The summed E-state index contributed by atoms with van der Waals surface area (Å²) in [5.74, 6) is 1.87. The van der Waals surface area contributed by atoms with Gasteiger partial charge in [0.15, 0.2) is 0 Å². The van der Waals surface area contributed by atoms with Crippen LogP contribution in [0.5, 0.6) is 0 Å². The Labute approximate surface area is 118 Å². The molecule has 4 heteroatoms. The predicted molar refractivity (Wildman–Crippen MR) is 72.7 cm³/mol. The molecular weight excluding hydrogens is 254 g/mol. The lowest BCUT2D eigenvalue weighted by Gasteiger charge is -2.26. The second-order valence-electron chi connectivity index (χ2n) is 7.02. The molecule has 20 heavy (non-hydrogen) atoms. The number of hydrogen-bond donors (Lipinski definition) is 2. The fraction of sp³-hybridized carbons (Fsp3) is 0.750. The molecule has 108 valence electrons. The summed E-state index contributed by atoms with van der Waals surface area (Å²) in [6, 6.07) is -0.219. The van der Waals surface area contributed by atoms with Crippen molar-refractivity contribution in [1.29, 1.82) is 0 Å². The van der Waals surface area contributed by atoms with E-state index in [2.05, 4.69) is 5.32 Å². The van der Waals surface area contributed by atoms with Gasteiger partial charge < -0.3 is 10.4 Å². The molecule has 3 saturated carbocycles. The van der Waals surface area contributed by atoms with Crippen LogP contribution in [0.15, 0.2) is 12.2 Å². The lowest BCUT2D eigenvalue weighted by molar-refractivity contribution is -0.143. The molecule has 0 spiro atoms. The zero-order valence-corrected chi connectivity index (χ0v) is 11.5. The van der Waals surface area contributed by atoms with Crippen LogP contribution in [-0.4, -0.2) is 23.0 Å². The molecule has 0 radical (unpaired) electrons. The lowest BCUT2D eigenvalue weighted by atomic mass is 9.88. The second-order valence-corrected chi connectivity index (χ2v) is 7.02. The summed E-state index contributed by atoms with van der Waals surface area (Å²) in [6.07, 6.45) is 9.03. The van der Waals surface area contributed by atoms with Gasteiger partial charge in [-0.1, -0.05) is 12.2 Å². The van der Waals surface area contributed by atoms with Gasteiger partial charge in [0.05, 0.1) is 5.92 Å². The van der Waals surface area contributed by atoms with Crippen LogP contribution < -0.4 is 5.32 Å². The first-order valence-corrected chi connectivity index (χ1v) is 7.85. The topological polar surface area (TPSA) is 66.4 Å². The highest BCUT2D eigenvalue weighted by atomic mass is 16.4. The maximum absolute atomic E-state index is 12.4. The van der Waals surface area contributed by atoms with Crippen molar-refractivity contribution in [3.05, 3.63) is 12.2 Å². The Kier molecular flexibility index (Phi) is 2.69. The Morgan fingerprint density at radius 1 is 1.05 bits per heavy atom. The van der Waals surface area contributed by atoms with Crippen molar-refractivity contribution in [2.24, 2.45) is 35.5 Å². The molecule has 0 aromatic heterocycles. The number of hydrogen-bond acceptors (Lipinski definition) is 2. The van der Waals surface area contributed by atoms with Gasteiger partial charge in [-0.25, -0.2) is 0 Å². The summed E-state index contributed by atoms with van der Waals surface area (Å²) in [4.78, 5) is 23.7. The van der Waals surface area contributed by atoms with Crippen molar-refractivity contribution in [2.75, 3.05) is 0 Å². The van der Waals surface area contributed by atoms with E-state index < -0.39 is 11.9 Å². The molecule has 0 aliphatic heterocycles. The Balaban J connectivity index is 1.41. The van der Waals surface area contributed by atoms with Gasteiger partial charge in [0.1, 0.15) is 0 Å². The SMILES string of the molecule is O=C(N[C@H]1CC=CC[C@H]1C(=O)O)C1[C@@H]2[C@H]3CC[C@H](C3)[C@H]12. The quantitative estimate of drug-likeness (QED) is 0.772. The predicted octanol–water partition coefficient (Wildman–Crippen LogP) is 1.81. The maximum atomic E-state index is 12.4. The van der Waals surface area contributed by atoms with Gasteiger partial charge in [-0.15, -0.1) is 0 Å². The molecular formula is C16H21NO3. The average molecular weight is 275 g/mol. The maximum Gasteiger partial charge on any atom is 0.308 e. The molecule has 7 atom stereocenters. The summed E-state index contributed by atoms with van der Waals surface area (Å²) >= 11 is 0. The first-order chi connectivity index (χ1) is 9.66. The van der Waals surface area contributed by atoms with E-state index >= 15 is 0 Å². The first-order valence-electron chi connectivity index (χ1n) is 7.85. The zero-order valence-electron chi connectivity index (χ0n) is 11.5. The number of carbonyl (C=O) groups excluding carboxylic acids is 1. The van der Waals surface area contributed by atoms with Crippen molar-refractivity contribution in [1.82, 2.24) is 5.32 Å². The van der Waals surface area contributed by atoms with E-state index in [9.17, 15) is 14.7 Å². The summed E-state index contributed by atoms with van der Waals surface area (Å²) in [5, 5.41) is 12.3. The van der Waals surface area contributed by atoms with Crippen molar-refractivity contribution in [3.8, 4) is 0 Å². The van der Waals surface area contributed by atoms with Crippen molar-refractivity contribution in [2.45, 2.75) is 38.1 Å².